The van der Waals surface area contributed by atoms with Crippen LogP contribution < -0.4 is 0 Å². The van der Waals surface area contributed by atoms with Crippen molar-refractivity contribution in [2.75, 3.05) is 0 Å². The molecule has 8 nitrogen and oxygen atoms in total. The Morgan fingerprint density at radius 3 is 0.792 bits per heavy atom. The average molecular weight is 449 g/mol. The van der Waals surface area contributed by atoms with Crippen molar-refractivity contribution in [3.05, 3.63) is 0 Å². The molecule has 24 heavy (non-hydrogen) atoms. The largest absolute Gasteiger partial charge is 0.477 e. The highest BCUT2D eigenvalue weighted by atomic mass is 28.5. The van der Waals surface area contributed by atoms with E-state index in [0.717, 1.165) is 0 Å². The Morgan fingerprint density at radius 2 is 0.542 bits per heavy atom. The summed E-state index contributed by atoms with van der Waals surface area (Å²) in [6, 6.07) is 0. The lowest BCUT2D eigenvalue weighted by Gasteiger charge is -2.44. The van der Waals surface area contributed by atoms with Crippen LogP contribution in [0.1, 0.15) is 0 Å². The zero-order valence-electron chi connectivity index (χ0n) is 16.3. The third kappa shape index (κ3) is 8.12. The molecule has 1 rings (SSSR count). The molecule has 1 fully saturated rings. The van der Waals surface area contributed by atoms with Crippen LogP contribution in [0, 0.1) is 0 Å². The van der Waals surface area contributed by atoms with Gasteiger partial charge in [-0.15, -0.1) is 0 Å². The molecule has 0 bridgehead atoms. The van der Waals surface area contributed by atoms with Gasteiger partial charge >= 0.3 is 51.9 Å². The highest BCUT2D eigenvalue weighted by molar-refractivity contribution is 6.91. The molecule has 1 aliphatic heterocycles. The molecule has 0 aromatic carbocycles. The van der Waals surface area contributed by atoms with Gasteiger partial charge in [0.1, 0.15) is 0 Å². The molecule has 144 valence electrons. The van der Waals surface area contributed by atoms with Crippen LogP contribution >= 0.6 is 0 Å². The Bertz CT molecular complexity index is 334. The first kappa shape index (κ1) is 23.0. The highest BCUT2D eigenvalue weighted by Crippen LogP contribution is 2.29. The van der Waals surface area contributed by atoms with Crippen LogP contribution in [-0.2, 0) is 24.7 Å². The van der Waals surface area contributed by atoms with Crippen LogP contribution in [0.4, 0.5) is 0 Å². The van der Waals surface area contributed by atoms with E-state index in [0.29, 0.717) is 0 Å². The molecule has 14 heteroatoms. The van der Waals surface area contributed by atoms with Crippen molar-refractivity contribution in [3.63, 3.8) is 0 Å². The summed E-state index contributed by atoms with van der Waals surface area (Å²) >= 11 is 0. The minimum absolute atomic E-state index is 1.54. The van der Waals surface area contributed by atoms with Gasteiger partial charge in [0.15, 0.2) is 0 Å². The summed E-state index contributed by atoms with van der Waals surface area (Å²) in [6.45, 7) is 17.8. The minimum Gasteiger partial charge on any atom is -0.416 e. The smallest absolute Gasteiger partial charge is 0.416 e. The van der Waals surface area contributed by atoms with E-state index < -0.39 is 51.9 Å². The molecule has 0 unspecified atom stereocenters. The van der Waals surface area contributed by atoms with Crippen molar-refractivity contribution in [1.29, 1.82) is 0 Å². The molecule has 0 spiro atoms. The normalized spacial score (nSPS) is 39.5. The topological polar surface area (TPSA) is 95.8 Å². The third-order valence-electron chi connectivity index (χ3n) is 2.72. The Balaban J connectivity index is 3.24. The molecule has 0 aromatic heterocycles. The van der Waals surface area contributed by atoms with E-state index in [9.17, 15) is 9.59 Å². The standard InChI is InChI=1S/C10H32O8Si6/c1-19(2)13-20(3,4)15-23(9,11)17-22(7,8)18-24(10,12)16-21(5,6)14-19/h11-12H,1-10H3/t23-,24-/m1/s1. The predicted octanol–water partition coefficient (Wildman–Crippen LogP) is 2.03. The predicted molar refractivity (Wildman–Crippen MR) is 104 cm³/mol. The summed E-state index contributed by atoms with van der Waals surface area (Å²) in [5.74, 6) is 0. The Hall–Kier alpha value is 0.981. The maximum Gasteiger partial charge on any atom is 0.477 e. The molecule has 0 aliphatic carbocycles. The molecule has 0 radical (unpaired) electrons. The molecule has 2 N–H and O–H groups in total. The van der Waals surface area contributed by atoms with Crippen molar-refractivity contribution in [3.8, 4) is 0 Å². The van der Waals surface area contributed by atoms with E-state index in [1.165, 1.54) is 0 Å². The van der Waals surface area contributed by atoms with Crippen LogP contribution in [0.25, 0.3) is 0 Å². The Kier molecular flexibility index (Phi) is 6.58. The lowest BCUT2D eigenvalue weighted by atomic mass is 11.9. The van der Waals surface area contributed by atoms with Gasteiger partial charge in [-0.05, 0) is 52.4 Å². The monoisotopic (exact) mass is 448 g/mol. The van der Waals surface area contributed by atoms with Gasteiger partial charge in [-0.3, -0.25) is 0 Å². The van der Waals surface area contributed by atoms with Crippen molar-refractivity contribution in [1.82, 2.24) is 0 Å². The second-order valence-electron chi connectivity index (χ2n) is 8.01. The Labute approximate surface area is 151 Å². The molecule has 0 aromatic rings. The summed E-state index contributed by atoms with van der Waals surface area (Å²) in [4.78, 5) is 21.3. The van der Waals surface area contributed by atoms with E-state index in [-0.39, 0.29) is 0 Å². The zero-order chi connectivity index (χ0) is 19.2. The van der Waals surface area contributed by atoms with Crippen LogP contribution in [0.5, 0.6) is 0 Å². The second-order valence-corrected chi connectivity index (χ2v) is 27.7. The summed E-state index contributed by atoms with van der Waals surface area (Å²) < 4.78 is 35.9. The van der Waals surface area contributed by atoms with Crippen LogP contribution in [-0.4, -0.2) is 61.4 Å². The van der Waals surface area contributed by atoms with Crippen LogP contribution in [0.3, 0.4) is 0 Å². The van der Waals surface area contributed by atoms with Gasteiger partial charge < -0.3 is 34.3 Å². The fraction of sp³-hybridized carbons (Fsp3) is 1.00. The van der Waals surface area contributed by atoms with Crippen LogP contribution in [0.2, 0.25) is 65.5 Å². The van der Waals surface area contributed by atoms with Crippen LogP contribution in [0.15, 0.2) is 0 Å². The summed E-state index contributed by atoms with van der Waals surface area (Å²) in [6.07, 6.45) is 0. The fourth-order valence-corrected chi connectivity index (χ4v) is 30.4. The molecule has 1 aliphatic rings. The average Bonchev–Trinajstić information content (AvgIpc) is 1.98. The quantitative estimate of drug-likeness (QED) is 0.543. The molecular formula is C10H32O8Si6. The number of hydrogen-bond acceptors (Lipinski definition) is 8. The summed E-state index contributed by atoms with van der Waals surface area (Å²) in [5.41, 5.74) is 0. The maximum atomic E-state index is 10.7. The van der Waals surface area contributed by atoms with Crippen molar-refractivity contribution in [2.45, 2.75) is 65.5 Å². The van der Waals surface area contributed by atoms with Gasteiger partial charge in [-0.1, -0.05) is 0 Å². The molecule has 0 amide bonds. The van der Waals surface area contributed by atoms with Gasteiger partial charge in [0, 0.05) is 13.1 Å². The number of rotatable bonds is 0. The SMILES string of the molecule is C[Si]1(C)O[Si](C)(C)O[Si@@](C)(O)O[Si](C)(C)O[Si@](C)(O)O[Si](C)(C)O1. The fourth-order valence-electron chi connectivity index (χ4n) is 3.13. The van der Waals surface area contributed by atoms with Gasteiger partial charge in [0.25, 0.3) is 0 Å². The third-order valence-corrected chi connectivity index (χ3v) is 24.5. The zero-order valence-corrected chi connectivity index (χ0v) is 22.3. The minimum atomic E-state index is -3.49. The van der Waals surface area contributed by atoms with Gasteiger partial charge in [0.2, 0.25) is 0 Å². The maximum absolute atomic E-state index is 10.7. The molecule has 1 saturated heterocycles. The molecule has 0 saturated carbocycles. The summed E-state index contributed by atoms with van der Waals surface area (Å²) in [7, 11) is -17.8. The van der Waals surface area contributed by atoms with Gasteiger partial charge in [-0.2, -0.15) is 0 Å². The summed E-state index contributed by atoms with van der Waals surface area (Å²) in [5, 5.41) is 0. The van der Waals surface area contributed by atoms with E-state index in [4.69, 9.17) is 24.7 Å². The lowest BCUT2D eigenvalue weighted by Crippen LogP contribution is -2.65. The lowest BCUT2D eigenvalue weighted by molar-refractivity contribution is 0.164. The highest BCUT2D eigenvalue weighted by Gasteiger charge is 2.53. The first-order chi connectivity index (χ1) is 10.2. The van der Waals surface area contributed by atoms with E-state index in [2.05, 4.69) is 0 Å². The van der Waals surface area contributed by atoms with E-state index >= 15 is 0 Å². The van der Waals surface area contributed by atoms with Crippen molar-refractivity contribution < 1.29 is 34.3 Å². The first-order valence-electron chi connectivity index (χ1n) is 7.90. The van der Waals surface area contributed by atoms with E-state index in [1.807, 2.05) is 39.3 Å². The number of hydrogen-bond donors (Lipinski definition) is 2. The Morgan fingerprint density at radius 1 is 0.375 bits per heavy atom. The van der Waals surface area contributed by atoms with E-state index in [1.54, 1.807) is 26.2 Å². The van der Waals surface area contributed by atoms with Crippen molar-refractivity contribution in [2.24, 2.45) is 0 Å². The second kappa shape index (κ2) is 6.86. The molecule has 1 heterocycles. The van der Waals surface area contributed by atoms with Gasteiger partial charge in [-0.25, -0.2) is 0 Å². The molecule has 2 atom stereocenters. The first-order valence-corrected chi connectivity index (χ1v) is 23.7. The molecular weight excluding hydrogens is 417 g/mol. The van der Waals surface area contributed by atoms with Gasteiger partial charge in [0.05, 0.1) is 0 Å². The van der Waals surface area contributed by atoms with Crippen molar-refractivity contribution >= 4 is 51.9 Å².